The summed E-state index contributed by atoms with van der Waals surface area (Å²) in [6, 6.07) is 6.28. The molecule has 18 heavy (non-hydrogen) atoms. The summed E-state index contributed by atoms with van der Waals surface area (Å²) < 4.78 is 0. The second-order valence-corrected chi connectivity index (χ2v) is 3.89. The van der Waals surface area contributed by atoms with Gasteiger partial charge in [0.2, 0.25) is 0 Å². The molecular formula is C12H15NO5. The first-order valence-electron chi connectivity index (χ1n) is 5.52. The molecule has 98 valence electrons. The Hall–Kier alpha value is -1.92. The monoisotopic (exact) mass is 253 g/mol. The molecule has 1 aliphatic rings. The first kappa shape index (κ1) is 14.1. The van der Waals surface area contributed by atoms with Gasteiger partial charge < -0.3 is 25.4 Å². The molecule has 0 fully saturated rings. The van der Waals surface area contributed by atoms with Gasteiger partial charge in [0.05, 0.1) is 13.2 Å². The van der Waals surface area contributed by atoms with Gasteiger partial charge in [-0.2, -0.15) is 0 Å². The van der Waals surface area contributed by atoms with Crippen LogP contribution < -0.4 is 10.4 Å². The second kappa shape index (κ2) is 6.73. The minimum Gasteiger partial charge on any atom is -0.539 e. The highest BCUT2D eigenvalue weighted by Gasteiger charge is 2.10. The molecule has 6 heteroatoms. The predicted octanol–water partition coefficient (Wildman–Crippen LogP) is -2.38. The SMILES string of the molecule is O=C([O-])C(=O)O.OCc1ccc2c(c1)C[NH2+]CC2. The Morgan fingerprint density at radius 3 is 2.56 bits per heavy atom. The maximum Gasteiger partial charge on any atom is 0.351 e. The predicted molar refractivity (Wildman–Crippen MR) is 59.2 cm³/mol. The average Bonchev–Trinajstić information content (AvgIpc) is 2.38. The number of carboxylic acids is 2. The van der Waals surface area contributed by atoms with Crippen LogP contribution in [0.2, 0.25) is 0 Å². The first-order chi connectivity index (χ1) is 8.54. The number of nitrogens with two attached hydrogens (primary N) is 1. The van der Waals surface area contributed by atoms with E-state index in [9.17, 15) is 0 Å². The number of carbonyl (C=O) groups excluding carboxylic acids is 1. The van der Waals surface area contributed by atoms with Crippen LogP contribution in [-0.4, -0.2) is 28.7 Å². The van der Waals surface area contributed by atoms with Gasteiger partial charge in [-0.3, -0.25) is 0 Å². The van der Waals surface area contributed by atoms with Crippen molar-refractivity contribution in [2.75, 3.05) is 6.54 Å². The van der Waals surface area contributed by atoms with E-state index in [0.717, 1.165) is 12.1 Å². The molecule has 1 aromatic carbocycles. The largest absolute Gasteiger partial charge is 0.539 e. The van der Waals surface area contributed by atoms with Gasteiger partial charge in [-0.15, -0.1) is 0 Å². The van der Waals surface area contributed by atoms with E-state index in [1.165, 1.54) is 24.1 Å². The van der Waals surface area contributed by atoms with Crippen molar-refractivity contribution in [2.45, 2.75) is 19.6 Å². The van der Waals surface area contributed by atoms with Crippen molar-refractivity contribution in [1.29, 1.82) is 0 Å². The quantitative estimate of drug-likeness (QED) is 0.483. The van der Waals surface area contributed by atoms with E-state index in [0.29, 0.717) is 0 Å². The van der Waals surface area contributed by atoms with Gasteiger partial charge >= 0.3 is 5.97 Å². The van der Waals surface area contributed by atoms with E-state index < -0.39 is 11.9 Å². The lowest BCUT2D eigenvalue weighted by molar-refractivity contribution is -0.673. The lowest BCUT2D eigenvalue weighted by Crippen LogP contribution is -2.84. The molecule has 0 bridgehead atoms. The molecule has 0 saturated carbocycles. The van der Waals surface area contributed by atoms with E-state index in [1.54, 1.807) is 0 Å². The third-order valence-corrected chi connectivity index (χ3v) is 2.61. The highest BCUT2D eigenvalue weighted by atomic mass is 16.4. The van der Waals surface area contributed by atoms with E-state index in [2.05, 4.69) is 17.4 Å². The first-order valence-corrected chi connectivity index (χ1v) is 5.52. The number of carboxylic acid groups (broad SMARTS) is 2. The summed E-state index contributed by atoms with van der Waals surface area (Å²) in [7, 11) is 0. The summed E-state index contributed by atoms with van der Waals surface area (Å²) in [6.07, 6.45) is 1.17. The molecule has 1 heterocycles. The van der Waals surface area contributed by atoms with Gasteiger partial charge in [0.25, 0.3) is 0 Å². The van der Waals surface area contributed by atoms with Crippen LogP contribution in [0.1, 0.15) is 16.7 Å². The van der Waals surface area contributed by atoms with Crippen LogP contribution in [0.15, 0.2) is 18.2 Å². The van der Waals surface area contributed by atoms with Crippen LogP contribution in [0.4, 0.5) is 0 Å². The fraction of sp³-hybridized carbons (Fsp3) is 0.333. The standard InChI is InChI=1S/C10H13NO.C2H2O4/c12-7-8-1-2-9-3-4-11-6-10(9)5-8;3-1(4)2(5)6/h1-2,5,11-12H,3-4,6-7H2;(H,3,4)(H,5,6). The molecule has 0 unspecified atom stereocenters. The number of hydrogen-bond donors (Lipinski definition) is 3. The number of benzene rings is 1. The van der Waals surface area contributed by atoms with Crippen LogP contribution in [0, 0.1) is 0 Å². The zero-order valence-corrected chi connectivity index (χ0v) is 9.76. The Kier molecular flexibility index (Phi) is 5.29. The van der Waals surface area contributed by atoms with Crippen molar-refractivity contribution >= 4 is 11.9 Å². The van der Waals surface area contributed by atoms with Gasteiger partial charge in [-0.25, -0.2) is 4.79 Å². The molecule has 0 spiro atoms. The van der Waals surface area contributed by atoms with Gasteiger partial charge in [-0.05, 0) is 17.2 Å². The zero-order chi connectivity index (χ0) is 13.5. The van der Waals surface area contributed by atoms with Crippen molar-refractivity contribution in [2.24, 2.45) is 0 Å². The minimum atomic E-state index is -2.07. The van der Waals surface area contributed by atoms with E-state index in [-0.39, 0.29) is 6.61 Å². The summed E-state index contributed by atoms with van der Waals surface area (Å²) in [5.41, 5.74) is 3.88. The maximum atomic E-state index is 9.04. The third-order valence-electron chi connectivity index (χ3n) is 2.61. The molecule has 0 amide bonds. The molecule has 6 nitrogen and oxygen atoms in total. The van der Waals surface area contributed by atoms with E-state index in [4.69, 9.17) is 24.9 Å². The molecule has 0 aliphatic carbocycles. The number of aliphatic hydroxyl groups is 1. The molecular weight excluding hydrogens is 238 g/mol. The van der Waals surface area contributed by atoms with Crippen molar-refractivity contribution in [3.05, 3.63) is 34.9 Å². The summed E-state index contributed by atoms with van der Waals surface area (Å²) in [5, 5.41) is 27.6. The fourth-order valence-electron chi connectivity index (χ4n) is 1.73. The smallest absolute Gasteiger partial charge is 0.351 e. The molecule has 1 aliphatic heterocycles. The highest BCUT2D eigenvalue weighted by Crippen LogP contribution is 2.13. The summed E-state index contributed by atoms with van der Waals surface area (Å²) in [6.45, 7) is 2.43. The number of carbonyl (C=O) groups is 2. The topological polar surface area (TPSA) is 114 Å². The van der Waals surface area contributed by atoms with Crippen LogP contribution in [0.5, 0.6) is 0 Å². The lowest BCUT2D eigenvalue weighted by atomic mass is 9.99. The molecule has 1 aromatic rings. The average molecular weight is 253 g/mol. The molecule has 2 rings (SSSR count). The molecule has 0 radical (unpaired) electrons. The minimum absolute atomic E-state index is 0.160. The third kappa shape index (κ3) is 4.15. The number of aliphatic carboxylic acids is 2. The highest BCUT2D eigenvalue weighted by molar-refractivity contribution is 6.26. The lowest BCUT2D eigenvalue weighted by Gasteiger charge is -2.14. The zero-order valence-electron chi connectivity index (χ0n) is 9.76. The Morgan fingerprint density at radius 2 is 2.00 bits per heavy atom. The van der Waals surface area contributed by atoms with Crippen LogP contribution in [-0.2, 0) is 29.2 Å². The van der Waals surface area contributed by atoms with E-state index >= 15 is 0 Å². The van der Waals surface area contributed by atoms with Crippen molar-refractivity contribution in [1.82, 2.24) is 0 Å². The Bertz CT molecular complexity index is 432. The normalized spacial score (nSPS) is 12.9. The summed E-state index contributed by atoms with van der Waals surface area (Å²) in [4.78, 5) is 18.0. The van der Waals surface area contributed by atoms with Gasteiger partial charge in [0, 0.05) is 12.0 Å². The Morgan fingerprint density at radius 1 is 1.33 bits per heavy atom. The van der Waals surface area contributed by atoms with Crippen molar-refractivity contribution < 1.29 is 30.2 Å². The Labute approximate surface area is 104 Å². The molecule has 0 saturated heterocycles. The van der Waals surface area contributed by atoms with Crippen molar-refractivity contribution in [3.63, 3.8) is 0 Å². The second-order valence-electron chi connectivity index (χ2n) is 3.89. The fourth-order valence-corrected chi connectivity index (χ4v) is 1.73. The number of quaternary nitrogens is 1. The Balaban J connectivity index is 0.000000232. The van der Waals surface area contributed by atoms with Crippen molar-refractivity contribution in [3.8, 4) is 0 Å². The van der Waals surface area contributed by atoms with E-state index in [1.807, 2.05) is 6.07 Å². The number of fused-ring (bicyclic) bond motifs is 1. The van der Waals surface area contributed by atoms with Crippen LogP contribution in [0.3, 0.4) is 0 Å². The summed E-state index contributed by atoms with van der Waals surface area (Å²) >= 11 is 0. The molecule has 0 aromatic heterocycles. The molecule has 0 atom stereocenters. The van der Waals surface area contributed by atoms with Gasteiger partial charge in [-0.1, -0.05) is 12.1 Å². The van der Waals surface area contributed by atoms with Gasteiger partial charge in [0.1, 0.15) is 6.54 Å². The van der Waals surface area contributed by atoms with Crippen LogP contribution in [0.25, 0.3) is 0 Å². The molecule has 4 N–H and O–H groups in total. The van der Waals surface area contributed by atoms with Crippen LogP contribution >= 0.6 is 0 Å². The number of rotatable bonds is 1. The maximum absolute atomic E-state index is 9.04. The summed E-state index contributed by atoms with van der Waals surface area (Å²) in [5.74, 6) is -4.01. The number of aliphatic hydroxyl groups excluding tert-OH is 1. The number of hydrogen-bond acceptors (Lipinski definition) is 4. The van der Waals surface area contributed by atoms with Gasteiger partial charge in [0.15, 0.2) is 5.97 Å².